The van der Waals surface area contributed by atoms with Crippen molar-refractivity contribution in [3.8, 4) is 17.9 Å². The van der Waals surface area contributed by atoms with Gasteiger partial charge in [-0.05, 0) is 42.7 Å². The molecule has 8 nitrogen and oxygen atoms in total. The number of nitrogens with zero attached hydrogens (tertiary/aromatic N) is 6. The normalized spacial score (nSPS) is 20.3. The summed E-state index contributed by atoms with van der Waals surface area (Å²) in [5, 5.41) is 18.6. The third-order valence-corrected chi connectivity index (χ3v) is 7.42. The maximum Gasteiger partial charge on any atom is 0.295 e. The van der Waals surface area contributed by atoms with E-state index in [0.717, 1.165) is 25.9 Å². The lowest BCUT2D eigenvalue weighted by atomic mass is 9.94. The zero-order valence-electron chi connectivity index (χ0n) is 20.2. The lowest BCUT2D eigenvalue weighted by Crippen LogP contribution is -2.62. The molecule has 1 saturated heterocycles. The molecule has 5 rings (SSSR count). The molecule has 0 aliphatic carbocycles. The Morgan fingerprint density at radius 2 is 1.89 bits per heavy atom. The van der Waals surface area contributed by atoms with Crippen LogP contribution in [0.4, 0.5) is 5.69 Å². The Morgan fingerprint density at radius 1 is 1.11 bits per heavy atom. The van der Waals surface area contributed by atoms with E-state index in [0.29, 0.717) is 40.3 Å². The third kappa shape index (κ3) is 3.71. The quantitative estimate of drug-likeness (QED) is 0.578. The number of aryl methyl sites for hydroxylation is 1. The van der Waals surface area contributed by atoms with E-state index < -0.39 is 0 Å². The maximum atomic E-state index is 13.1. The van der Waals surface area contributed by atoms with Gasteiger partial charge >= 0.3 is 0 Å². The first-order valence-electron chi connectivity index (χ1n) is 12.1. The molecule has 2 aliphatic rings. The van der Waals surface area contributed by atoms with E-state index in [1.807, 2.05) is 12.1 Å². The number of fused-ring (bicyclic) bond motifs is 5. The number of ether oxygens (including phenoxy) is 1. The maximum absolute atomic E-state index is 13.1. The van der Waals surface area contributed by atoms with Crippen LogP contribution in [0, 0.1) is 22.7 Å². The summed E-state index contributed by atoms with van der Waals surface area (Å²) < 4.78 is 7.64. The standard InChI is InChI=1S/C27H28N6O2/c1-4-20-14-33-21(15-32(20)22(5-2)18-8-6-17(12-28)7-9-18)16-35-26-25(33)24-23(31(3)27(26)34)11-10-19(13-29)30-24/h6-11,20-22H,4-5,14-16H2,1-3H3/t20-,21+,22+/m1/s1. The van der Waals surface area contributed by atoms with Gasteiger partial charge in [0.15, 0.2) is 0 Å². The minimum absolute atomic E-state index is 0.0561. The van der Waals surface area contributed by atoms with Crippen molar-refractivity contribution in [2.24, 2.45) is 7.05 Å². The topological polar surface area (TPSA) is 98.2 Å². The molecule has 3 atom stereocenters. The molecule has 0 unspecified atom stereocenters. The number of anilines is 1. The summed E-state index contributed by atoms with van der Waals surface area (Å²) in [4.78, 5) is 22.6. The summed E-state index contributed by atoms with van der Waals surface area (Å²) >= 11 is 0. The van der Waals surface area contributed by atoms with E-state index in [-0.39, 0.29) is 23.7 Å². The number of hydrogen-bond acceptors (Lipinski definition) is 7. The van der Waals surface area contributed by atoms with Gasteiger partial charge in [-0.1, -0.05) is 26.0 Å². The number of pyridine rings is 2. The molecule has 0 radical (unpaired) electrons. The second kappa shape index (κ2) is 9.05. The van der Waals surface area contributed by atoms with E-state index in [1.165, 1.54) is 5.56 Å². The predicted molar refractivity (Wildman–Crippen MR) is 133 cm³/mol. The van der Waals surface area contributed by atoms with Crippen molar-refractivity contribution in [1.82, 2.24) is 14.5 Å². The monoisotopic (exact) mass is 468 g/mol. The van der Waals surface area contributed by atoms with Crippen molar-refractivity contribution in [1.29, 1.82) is 10.5 Å². The molecule has 3 aromatic rings. The van der Waals surface area contributed by atoms with Crippen LogP contribution in [-0.2, 0) is 7.05 Å². The Kier molecular flexibility index (Phi) is 5.92. The summed E-state index contributed by atoms with van der Waals surface area (Å²) in [6.45, 7) is 6.33. The van der Waals surface area contributed by atoms with Crippen LogP contribution in [0.1, 0.15) is 49.6 Å². The molecule has 0 spiro atoms. The van der Waals surface area contributed by atoms with Crippen LogP contribution in [0.3, 0.4) is 0 Å². The highest BCUT2D eigenvalue weighted by molar-refractivity contribution is 5.93. The Bertz CT molecular complexity index is 1420. The number of aromatic nitrogens is 2. The lowest BCUT2D eigenvalue weighted by molar-refractivity contribution is 0.0720. The molecule has 35 heavy (non-hydrogen) atoms. The van der Waals surface area contributed by atoms with Gasteiger partial charge in [-0.2, -0.15) is 10.5 Å². The molecule has 0 saturated carbocycles. The van der Waals surface area contributed by atoms with Gasteiger partial charge in [0.2, 0.25) is 5.75 Å². The van der Waals surface area contributed by atoms with Gasteiger partial charge in [-0.25, -0.2) is 4.98 Å². The largest absolute Gasteiger partial charge is 0.484 e. The number of benzene rings is 1. The lowest BCUT2D eigenvalue weighted by Gasteiger charge is -2.51. The molecular weight excluding hydrogens is 440 g/mol. The van der Waals surface area contributed by atoms with E-state index in [1.54, 1.807) is 23.7 Å². The smallest absolute Gasteiger partial charge is 0.295 e. The SMILES string of the molecule is CC[C@@H]1CN2c3c(c(=O)n(C)c4ccc(C#N)nc34)OC[C@@H]2CN1[C@@H](CC)c1ccc(C#N)cc1. The minimum atomic E-state index is -0.183. The molecular formula is C27H28N6O2. The Balaban J connectivity index is 1.57. The van der Waals surface area contributed by atoms with Crippen LogP contribution in [0.15, 0.2) is 41.2 Å². The molecule has 1 aromatic carbocycles. The Morgan fingerprint density at radius 3 is 2.54 bits per heavy atom. The van der Waals surface area contributed by atoms with Crippen LogP contribution >= 0.6 is 0 Å². The first kappa shape index (κ1) is 22.9. The predicted octanol–water partition coefficient (Wildman–Crippen LogP) is 3.49. The second-order valence-corrected chi connectivity index (χ2v) is 9.25. The molecule has 0 amide bonds. The first-order valence-corrected chi connectivity index (χ1v) is 12.1. The highest BCUT2D eigenvalue weighted by Crippen LogP contribution is 2.41. The van der Waals surface area contributed by atoms with Crippen LogP contribution in [0.2, 0.25) is 0 Å². The van der Waals surface area contributed by atoms with Crippen molar-refractivity contribution in [3.05, 3.63) is 63.6 Å². The molecule has 8 heteroatoms. The van der Waals surface area contributed by atoms with Gasteiger partial charge in [0.1, 0.15) is 29.6 Å². The van der Waals surface area contributed by atoms with Gasteiger partial charge in [0.05, 0.1) is 23.2 Å². The number of hydrogen-bond donors (Lipinski definition) is 0. The molecule has 2 aromatic heterocycles. The molecule has 1 fully saturated rings. The Labute approximate surface area is 204 Å². The van der Waals surface area contributed by atoms with Crippen LogP contribution in [-0.4, -0.2) is 46.2 Å². The molecule has 4 heterocycles. The van der Waals surface area contributed by atoms with Crippen molar-refractivity contribution in [2.75, 3.05) is 24.6 Å². The van der Waals surface area contributed by atoms with Gasteiger partial charge < -0.3 is 14.2 Å². The van der Waals surface area contributed by atoms with E-state index in [4.69, 9.17) is 4.74 Å². The van der Waals surface area contributed by atoms with Crippen molar-refractivity contribution in [3.63, 3.8) is 0 Å². The average Bonchev–Trinajstić information content (AvgIpc) is 2.91. The fraction of sp³-hybridized carbons (Fsp3) is 0.407. The van der Waals surface area contributed by atoms with Crippen molar-refractivity contribution >= 4 is 16.7 Å². The number of piperazine rings is 1. The van der Waals surface area contributed by atoms with Crippen LogP contribution in [0.5, 0.6) is 5.75 Å². The Hall–Kier alpha value is -3.88. The van der Waals surface area contributed by atoms with Crippen molar-refractivity contribution < 1.29 is 4.74 Å². The zero-order chi connectivity index (χ0) is 24.7. The van der Waals surface area contributed by atoms with Gasteiger partial charge in [-0.3, -0.25) is 9.69 Å². The average molecular weight is 469 g/mol. The third-order valence-electron chi connectivity index (χ3n) is 7.42. The first-order chi connectivity index (χ1) is 17.0. The summed E-state index contributed by atoms with van der Waals surface area (Å²) in [7, 11) is 1.71. The van der Waals surface area contributed by atoms with E-state index in [9.17, 15) is 15.3 Å². The second-order valence-electron chi connectivity index (χ2n) is 9.25. The van der Waals surface area contributed by atoms with Gasteiger partial charge in [-0.15, -0.1) is 0 Å². The van der Waals surface area contributed by atoms with Gasteiger partial charge in [0, 0.05) is 32.2 Å². The summed E-state index contributed by atoms with van der Waals surface area (Å²) in [6.07, 6.45) is 1.90. The van der Waals surface area contributed by atoms with Crippen molar-refractivity contribution in [2.45, 2.75) is 44.8 Å². The van der Waals surface area contributed by atoms with Gasteiger partial charge in [0.25, 0.3) is 5.56 Å². The zero-order valence-corrected chi connectivity index (χ0v) is 20.2. The molecule has 178 valence electrons. The highest BCUT2D eigenvalue weighted by Gasteiger charge is 2.42. The van der Waals surface area contributed by atoms with E-state index >= 15 is 0 Å². The minimum Gasteiger partial charge on any atom is -0.484 e. The molecule has 2 aliphatic heterocycles. The summed E-state index contributed by atoms with van der Waals surface area (Å²) in [6, 6.07) is 16.2. The fourth-order valence-corrected chi connectivity index (χ4v) is 5.58. The molecule has 0 N–H and O–H groups in total. The molecule has 0 bridgehead atoms. The highest BCUT2D eigenvalue weighted by atomic mass is 16.5. The number of rotatable bonds is 4. The van der Waals surface area contributed by atoms with Crippen LogP contribution < -0.4 is 15.2 Å². The summed E-state index contributed by atoms with van der Waals surface area (Å²) in [5.41, 5.74) is 4.03. The number of nitriles is 2. The van der Waals surface area contributed by atoms with E-state index in [2.05, 4.69) is 52.9 Å². The van der Waals surface area contributed by atoms with Crippen LogP contribution in [0.25, 0.3) is 11.0 Å². The summed E-state index contributed by atoms with van der Waals surface area (Å²) in [5.74, 6) is 0.321. The fourth-order valence-electron chi connectivity index (χ4n) is 5.58.